The van der Waals surface area contributed by atoms with E-state index in [0.717, 1.165) is 28.6 Å². The number of nitrogens with one attached hydrogen (secondary N) is 1. The summed E-state index contributed by atoms with van der Waals surface area (Å²) in [5.74, 6) is -1.70. The van der Waals surface area contributed by atoms with E-state index in [9.17, 15) is 13.6 Å². The van der Waals surface area contributed by atoms with E-state index in [0.29, 0.717) is 5.69 Å². The third kappa shape index (κ3) is 4.11. The first-order valence-corrected chi connectivity index (χ1v) is 7.31. The molecule has 21 heavy (non-hydrogen) atoms. The van der Waals surface area contributed by atoms with E-state index in [1.807, 2.05) is 19.1 Å². The topological polar surface area (TPSA) is 29.1 Å². The molecular weight excluding hydrogens is 340 g/mol. The maximum Gasteiger partial charge on any atom is 0.228 e. The summed E-state index contributed by atoms with van der Waals surface area (Å²) in [6.45, 7) is 1.98. The summed E-state index contributed by atoms with van der Waals surface area (Å²) in [6, 6.07) is 8.75. The molecule has 0 atom stereocenters. The van der Waals surface area contributed by atoms with Crippen molar-refractivity contribution in [2.24, 2.45) is 0 Å². The molecule has 2 rings (SSSR count). The highest BCUT2D eigenvalue weighted by molar-refractivity contribution is 9.10. The van der Waals surface area contributed by atoms with Crippen LogP contribution in [-0.2, 0) is 17.6 Å². The van der Waals surface area contributed by atoms with E-state index in [2.05, 4.69) is 21.2 Å². The van der Waals surface area contributed by atoms with Gasteiger partial charge in [-0.25, -0.2) is 8.78 Å². The Kier molecular flexibility index (Phi) is 5.07. The molecule has 110 valence electrons. The van der Waals surface area contributed by atoms with Gasteiger partial charge in [0, 0.05) is 16.2 Å². The van der Waals surface area contributed by atoms with Gasteiger partial charge in [0.1, 0.15) is 11.6 Å². The molecule has 0 unspecified atom stereocenters. The van der Waals surface area contributed by atoms with E-state index in [1.54, 1.807) is 6.07 Å². The van der Waals surface area contributed by atoms with E-state index in [4.69, 9.17) is 0 Å². The van der Waals surface area contributed by atoms with Crippen molar-refractivity contribution in [3.8, 4) is 0 Å². The SMILES string of the molecule is CCc1cc(Br)ccc1NC(=O)Cc1ccc(F)cc1F. The van der Waals surface area contributed by atoms with Crippen LogP contribution in [0.25, 0.3) is 0 Å². The number of amides is 1. The fourth-order valence-corrected chi connectivity index (χ4v) is 2.42. The van der Waals surface area contributed by atoms with E-state index < -0.39 is 11.6 Å². The Morgan fingerprint density at radius 2 is 1.90 bits per heavy atom. The van der Waals surface area contributed by atoms with Gasteiger partial charge in [0.15, 0.2) is 0 Å². The highest BCUT2D eigenvalue weighted by Crippen LogP contribution is 2.22. The zero-order valence-corrected chi connectivity index (χ0v) is 13.0. The van der Waals surface area contributed by atoms with Crippen molar-refractivity contribution in [3.05, 3.63) is 63.6 Å². The van der Waals surface area contributed by atoms with Crippen molar-refractivity contribution in [2.75, 3.05) is 5.32 Å². The molecule has 0 saturated heterocycles. The first-order valence-electron chi connectivity index (χ1n) is 6.51. The summed E-state index contributed by atoms with van der Waals surface area (Å²) in [5.41, 5.74) is 1.86. The number of halogens is 3. The standard InChI is InChI=1S/C16H14BrF2NO/c1-2-10-7-12(17)4-6-15(10)20-16(21)8-11-3-5-13(18)9-14(11)19/h3-7,9H,2,8H2,1H3,(H,20,21). The van der Waals surface area contributed by atoms with E-state index in [1.165, 1.54) is 6.07 Å². The Balaban J connectivity index is 2.11. The van der Waals surface area contributed by atoms with Gasteiger partial charge >= 0.3 is 0 Å². The molecule has 0 spiro atoms. The van der Waals surface area contributed by atoms with E-state index >= 15 is 0 Å². The number of rotatable bonds is 4. The molecule has 0 fully saturated rings. The second-order valence-corrected chi connectivity index (χ2v) is 5.53. The third-order valence-corrected chi connectivity index (χ3v) is 3.58. The maximum atomic E-state index is 13.5. The van der Waals surface area contributed by atoms with Gasteiger partial charge in [0.25, 0.3) is 0 Å². The van der Waals surface area contributed by atoms with Gasteiger partial charge in [0.05, 0.1) is 6.42 Å². The largest absolute Gasteiger partial charge is 0.326 e. The molecule has 0 aliphatic heterocycles. The third-order valence-electron chi connectivity index (χ3n) is 3.09. The van der Waals surface area contributed by atoms with Crippen LogP contribution in [0.15, 0.2) is 40.9 Å². The second kappa shape index (κ2) is 6.80. The molecule has 0 radical (unpaired) electrons. The molecule has 2 aromatic carbocycles. The number of hydrogen-bond donors (Lipinski definition) is 1. The van der Waals surface area contributed by atoms with Crippen molar-refractivity contribution in [1.82, 2.24) is 0 Å². The van der Waals surface area contributed by atoms with Crippen LogP contribution in [0.2, 0.25) is 0 Å². The lowest BCUT2D eigenvalue weighted by atomic mass is 10.1. The molecule has 2 nitrogen and oxygen atoms in total. The molecule has 5 heteroatoms. The summed E-state index contributed by atoms with van der Waals surface area (Å²) in [4.78, 5) is 12.0. The molecule has 0 aromatic heterocycles. The highest BCUT2D eigenvalue weighted by atomic mass is 79.9. The van der Waals surface area contributed by atoms with Crippen LogP contribution >= 0.6 is 15.9 Å². The lowest BCUT2D eigenvalue weighted by Gasteiger charge is -2.11. The number of carbonyl (C=O) groups is 1. The van der Waals surface area contributed by atoms with Crippen LogP contribution < -0.4 is 5.32 Å². The molecule has 0 saturated carbocycles. The molecule has 0 aliphatic carbocycles. The van der Waals surface area contributed by atoms with Crippen LogP contribution in [0.4, 0.5) is 14.5 Å². The van der Waals surface area contributed by atoms with Crippen LogP contribution in [0, 0.1) is 11.6 Å². The second-order valence-electron chi connectivity index (χ2n) is 4.62. The van der Waals surface area contributed by atoms with Crippen molar-refractivity contribution in [1.29, 1.82) is 0 Å². The first-order chi connectivity index (χ1) is 9.99. The fraction of sp³-hybridized carbons (Fsp3) is 0.188. The maximum absolute atomic E-state index is 13.5. The predicted octanol–water partition coefficient (Wildman–Crippen LogP) is 4.47. The lowest BCUT2D eigenvalue weighted by Crippen LogP contribution is -2.16. The smallest absolute Gasteiger partial charge is 0.228 e. The molecule has 0 bridgehead atoms. The van der Waals surface area contributed by atoms with E-state index in [-0.39, 0.29) is 17.9 Å². The average molecular weight is 354 g/mol. The Morgan fingerprint density at radius 3 is 2.57 bits per heavy atom. The number of benzene rings is 2. The van der Waals surface area contributed by atoms with Gasteiger partial charge in [-0.05, 0) is 41.8 Å². The summed E-state index contributed by atoms with van der Waals surface area (Å²) >= 11 is 3.38. The van der Waals surface area contributed by atoms with Gasteiger partial charge in [0.2, 0.25) is 5.91 Å². The fourth-order valence-electron chi connectivity index (χ4n) is 2.01. The van der Waals surface area contributed by atoms with Crippen molar-refractivity contribution < 1.29 is 13.6 Å². The molecular formula is C16H14BrF2NO. The molecule has 1 N–H and O–H groups in total. The summed E-state index contributed by atoms with van der Waals surface area (Å²) in [7, 11) is 0. The zero-order valence-electron chi connectivity index (χ0n) is 11.4. The number of hydrogen-bond acceptors (Lipinski definition) is 1. The quantitative estimate of drug-likeness (QED) is 0.862. The minimum Gasteiger partial charge on any atom is -0.326 e. The van der Waals surface area contributed by atoms with Gasteiger partial charge in [-0.3, -0.25) is 4.79 Å². The average Bonchev–Trinajstić information content (AvgIpc) is 2.44. The number of anilines is 1. The van der Waals surface area contributed by atoms with Crippen molar-refractivity contribution in [3.63, 3.8) is 0 Å². The highest BCUT2D eigenvalue weighted by Gasteiger charge is 2.11. The molecule has 2 aromatic rings. The van der Waals surface area contributed by atoms with Crippen LogP contribution in [0.5, 0.6) is 0 Å². The van der Waals surface area contributed by atoms with Crippen molar-refractivity contribution >= 4 is 27.5 Å². The van der Waals surface area contributed by atoms with Gasteiger partial charge in [-0.1, -0.05) is 28.9 Å². The minimum absolute atomic E-state index is 0.134. The Hall–Kier alpha value is -1.75. The van der Waals surface area contributed by atoms with Gasteiger partial charge in [-0.2, -0.15) is 0 Å². The summed E-state index contributed by atoms with van der Waals surface area (Å²) < 4.78 is 27.3. The normalized spacial score (nSPS) is 10.5. The Labute approximate surface area is 130 Å². The molecule has 0 heterocycles. The molecule has 0 aliphatic rings. The number of carbonyl (C=O) groups excluding carboxylic acids is 1. The first kappa shape index (κ1) is 15.6. The van der Waals surface area contributed by atoms with Crippen LogP contribution in [0.1, 0.15) is 18.1 Å². The molecule has 1 amide bonds. The Morgan fingerprint density at radius 1 is 1.14 bits per heavy atom. The Bertz CT molecular complexity index is 673. The predicted molar refractivity (Wildman–Crippen MR) is 82.2 cm³/mol. The van der Waals surface area contributed by atoms with Gasteiger partial charge in [-0.15, -0.1) is 0 Å². The van der Waals surface area contributed by atoms with Crippen LogP contribution in [0.3, 0.4) is 0 Å². The lowest BCUT2D eigenvalue weighted by molar-refractivity contribution is -0.115. The van der Waals surface area contributed by atoms with Crippen molar-refractivity contribution in [2.45, 2.75) is 19.8 Å². The summed E-state index contributed by atoms with van der Waals surface area (Å²) in [6.07, 6.45) is 0.630. The summed E-state index contributed by atoms with van der Waals surface area (Å²) in [5, 5.41) is 2.76. The monoisotopic (exact) mass is 353 g/mol. The number of aryl methyl sites for hydroxylation is 1. The van der Waals surface area contributed by atoms with Gasteiger partial charge < -0.3 is 5.32 Å². The van der Waals surface area contributed by atoms with Crippen LogP contribution in [-0.4, -0.2) is 5.91 Å². The zero-order chi connectivity index (χ0) is 15.4. The minimum atomic E-state index is -0.711.